The average molecular weight is 177 g/mol. The van der Waals surface area contributed by atoms with E-state index in [1.165, 1.54) is 24.0 Å². The van der Waals surface area contributed by atoms with E-state index in [4.69, 9.17) is 5.73 Å². The van der Waals surface area contributed by atoms with Gasteiger partial charge < -0.3 is 5.73 Å². The Hall–Kier alpha value is -0.560. The van der Waals surface area contributed by atoms with Crippen LogP contribution in [0.5, 0.6) is 0 Å². The van der Waals surface area contributed by atoms with Crippen molar-refractivity contribution >= 4 is 0 Å². The van der Waals surface area contributed by atoms with Gasteiger partial charge in [0.2, 0.25) is 0 Å². The van der Waals surface area contributed by atoms with Gasteiger partial charge in [0.15, 0.2) is 0 Å². The van der Waals surface area contributed by atoms with Crippen molar-refractivity contribution < 1.29 is 0 Å². The Kier molecular flexibility index (Phi) is 2.29. The number of rotatable bonds is 2. The van der Waals surface area contributed by atoms with Gasteiger partial charge in [-0.1, -0.05) is 26.0 Å². The van der Waals surface area contributed by atoms with Crippen molar-refractivity contribution in [2.24, 2.45) is 23.5 Å². The molecule has 0 aromatic carbocycles. The zero-order valence-electron chi connectivity index (χ0n) is 8.59. The highest BCUT2D eigenvalue weighted by molar-refractivity contribution is 5.35. The molecule has 13 heavy (non-hydrogen) atoms. The summed E-state index contributed by atoms with van der Waals surface area (Å²) in [6.07, 6.45) is 7.29. The molecule has 0 aliphatic heterocycles. The van der Waals surface area contributed by atoms with E-state index in [9.17, 15) is 0 Å². The molecule has 0 saturated heterocycles. The molecule has 2 atom stereocenters. The van der Waals surface area contributed by atoms with E-state index in [1.807, 2.05) is 0 Å². The average Bonchev–Trinajstić information content (AvgIpc) is 2.79. The zero-order chi connectivity index (χ0) is 9.42. The predicted octanol–water partition coefficient (Wildman–Crippen LogP) is 2.49. The summed E-state index contributed by atoms with van der Waals surface area (Å²) in [5.74, 6) is 2.39. The minimum Gasteiger partial charge on any atom is -0.327 e. The second-order valence-electron chi connectivity index (χ2n) is 4.58. The third kappa shape index (κ3) is 1.58. The van der Waals surface area contributed by atoms with Gasteiger partial charge in [0.05, 0.1) is 0 Å². The van der Waals surface area contributed by atoms with E-state index in [0.29, 0.717) is 5.92 Å². The summed E-state index contributed by atoms with van der Waals surface area (Å²) in [7, 11) is 0. The van der Waals surface area contributed by atoms with Crippen LogP contribution in [-0.2, 0) is 0 Å². The van der Waals surface area contributed by atoms with Crippen LogP contribution in [0.4, 0.5) is 0 Å². The summed E-state index contributed by atoms with van der Waals surface area (Å²) >= 11 is 0. The molecule has 1 fully saturated rings. The molecule has 0 bridgehead atoms. The summed E-state index contributed by atoms with van der Waals surface area (Å²) in [6.45, 7) is 5.29. The highest BCUT2D eigenvalue weighted by Crippen LogP contribution is 2.49. The maximum Gasteiger partial charge on any atom is 0.0145 e. The largest absolute Gasteiger partial charge is 0.327 e. The Morgan fingerprint density at radius 3 is 2.92 bits per heavy atom. The van der Waals surface area contributed by atoms with Crippen LogP contribution in [0.15, 0.2) is 23.3 Å². The van der Waals surface area contributed by atoms with Crippen LogP contribution in [0, 0.1) is 17.8 Å². The highest BCUT2D eigenvalue weighted by Gasteiger charge is 2.40. The fraction of sp³-hybridized carbons (Fsp3) is 0.667. The van der Waals surface area contributed by atoms with Crippen LogP contribution in [0.2, 0.25) is 0 Å². The lowest BCUT2D eigenvalue weighted by molar-refractivity contribution is 0.733. The number of nitrogens with two attached hydrogens (primary N) is 1. The van der Waals surface area contributed by atoms with E-state index >= 15 is 0 Å². The smallest absolute Gasteiger partial charge is 0.0145 e. The Morgan fingerprint density at radius 1 is 1.54 bits per heavy atom. The Bertz CT molecular complexity index is 260. The highest BCUT2D eigenvalue weighted by atomic mass is 14.6. The van der Waals surface area contributed by atoms with Crippen molar-refractivity contribution in [3.8, 4) is 0 Å². The summed E-state index contributed by atoms with van der Waals surface area (Å²) in [6, 6.07) is 0. The third-order valence-corrected chi connectivity index (χ3v) is 3.32. The van der Waals surface area contributed by atoms with E-state index in [1.54, 1.807) is 0 Å². The molecule has 0 radical (unpaired) electrons. The van der Waals surface area contributed by atoms with Crippen molar-refractivity contribution in [1.29, 1.82) is 0 Å². The van der Waals surface area contributed by atoms with E-state index < -0.39 is 0 Å². The molecule has 2 aliphatic carbocycles. The molecular formula is C12H19N. The first kappa shape index (κ1) is 9.01. The van der Waals surface area contributed by atoms with Gasteiger partial charge in [-0.05, 0) is 41.7 Å². The second-order valence-corrected chi connectivity index (χ2v) is 4.58. The molecule has 0 heterocycles. The van der Waals surface area contributed by atoms with Gasteiger partial charge in [0.1, 0.15) is 0 Å². The van der Waals surface area contributed by atoms with Gasteiger partial charge in [-0.15, -0.1) is 0 Å². The number of allylic oxidation sites excluding steroid dienone is 3. The molecule has 2 rings (SSSR count). The van der Waals surface area contributed by atoms with Crippen LogP contribution in [0.25, 0.3) is 0 Å². The van der Waals surface area contributed by atoms with Crippen molar-refractivity contribution in [2.45, 2.75) is 26.7 Å². The van der Waals surface area contributed by atoms with Gasteiger partial charge >= 0.3 is 0 Å². The lowest BCUT2D eigenvalue weighted by atomic mass is 9.94. The summed E-state index contributed by atoms with van der Waals surface area (Å²) in [4.78, 5) is 0. The molecular weight excluding hydrogens is 158 g/mol. The van der Waals surface area contributed by atoms with Crippen molar-refractivity contribution in [1.82, 2.24) is 0 Å². The molecule has 0 spiro atoms. The van der Waals surface area contributed by atoms with Gasteiger partial charge in [-0.3, -0.25) is 0 Å². The Balaban J connectivity index is 2.31. The molecule has 1 saturated carbocycles. The third-order valence-electron chi connectivity index (χ3n) is 3.32. The van der Waals surface area contributed by atoms with Crippen LogP contribution in [-0.4, -0.2) is 6.54 Å². The van der Waals surface area contributed by atoms with Crippen LogP contribution < -0.4 is 5.73 Å². The maximum atomic E-state index is 5.83. The van der Waals surface area contributed by atoms with E-state index in [0.717, 1.165) is 18.4 Å². The molecule has 0 aromatic rings. The standard InChI is InChI=1S/C12H19N/c1-8(2)10-5-3-4-9-6-11(9)12(10)7-13/h3,5,8-9,11H,4,6-7,13H2,1-2H3. The maximum absolute atomic E-state index is 5.83. The summed E-state index contributed by atoms with van der Waals surface area (Å²) < 4.78 is 0. The topological polar surface area (TPSA) is 26.0 Å². The van der Waals surface area contributed by atoms with Gasteiger partial charge in [-0.2, -0.15) is 0 Å². The number of fused-ring (bicyclic) bond motifs is 1. The molecule has 2 N–H and O–H groups in total. The number of hydrogen-bond acceptors (Lipinski definition) is 1. The normalized spacial score (nSPS) is 32.0. The first-order valence-corrected chi connectivity index (χ1v) is 5.33. The van der Waals surface area contributed by atoms with Crippen LogP contribution in [0.3, 0.4) is 0 Å². The first-order chi connectivity index (χ1) is 6.24. The lowest BCUT2D eigenvalue weighted by Crippen LogP contribution is -2.10. The Morgan fingerprint density at radius 2 is 2.31 bits per heavy atom. The molecule has 0 amide bonds. The zero-order valence-corrected chi connectivity index (χ0v) is 8.59. The van der Waals surface area contributed by atoms with E-state index in [2.05, 4.69) is 26.0 Å². The van der Waals surface area contributed by atoms with Crippen LogP contribution in [0.1, 0.15) is 26.7 Å². The Labute approximate surface area is 80.7 Å². The quantitative estimate of drug-likeness (QED) is 0.689. The van der Waals surface area contributed by atoms with Gasteiger partial charge in [-0.25, -0.2) is 0 Å². The monoisotopic (exact) mass is 177 g/mol. The van der Waals surface area contributed by atoms with Crippen molar-refractivity contribution in [3.63, 3.8) is 0 Å². The number of hydrogen-bond donors (Lipinski definition) is 1. The minimum atomic E-state index is 0.633. The molecule has 0 aromatic heterocycles. The second kappa shape index (κ2) is 3.30. The molecule has 1 heteroatoms. The molecule has 72 valence electrons. The van der Waals surface area contributed by atoms with Crippen molar-refractivity contribution in [3.05, 3.63) is 23.3 Å². The molecule has 2 unspecified atom stereocenters. The molecule has 1 nitrogen and oxygen atoms in total. The fourth-order valence-electron chi connectivity index (χ4n) is 2.46. The lowest BCUT2D eigenvalue weighted by Gasteiger charge is -2.13. The van der Waals surface area contributed by atoms with Gasteiger partial charge in [0, 0.05) is 6.54 Å². The van der Waals surface area contributed by atoms with Crippen molar-refractivity contribution in [2.75, 3.05) is 6.54 Å². The van der Waals surface area contributed by atoms with Gasteiger partial charge in [0.25, 0.3) is 0 Å². The van der Waals surface area contributed by atoms with E-state index in [-0.39, 0.29) is 0 Å². The van der Waals surface area contributed by atoms with Crippen LogP contribution >= 0.6 is 0 Å². The molecule has 2 aliphatic rings. The SMILES string of the molecule is CC(C)C1=C(CN)C2CC2CC=C1. The summed E-state index contributed by atoms with van der Waals surface area (Å²) in [5.41, 5.74) is 8.87. The minimum absolute atomic E-state index is 0.633. The fourth-order valence-corrected chi connectivity index (χ4v) is 2.46. The first-order valence-electron chi connectivity index (χ1n) is 5.33. The predicted molar refractivity (Wildman–Crippen MR) is 56.3 cm³/mol. The summed E-state index contributed by atoms with van der Waals surface area (Å²) in [5, 5.41) is 0.